The van der Waals surface area contributed by atoms with Gasteiger partial charge in [0, 0.05) is 19.2 Å². The Morgan fingerprint density at radius 2 is 1.96 bits per heavy atom. The lowest BCUT2D eigenvalue weighted by Gasteiger charge is -2.35. The van der Waals surface area contributed by atoms with Crippen molar-refractivity contribution in [3.05, 3.63) is 60.4 Å². The molecular weight excluding hydrogens is 300 g/mol. The van der Waals surface area contributed by atoms with Crippen LogP contribution < -0.4 is 4.74 Å². The van der Waals surface area contributed by atoms with Gasteiger partial charge in [-0.2, -0.15) is 0 Å². The van der Waals surface area contributed by atoms with Gasteiger partial charge in [-0.05, 0) is 49.9 Å². The first kappa shape index (κ1) is 16.5. The van der Waals surface area contributed by atoms with E-state index in [1.807, 2.05) is 53.4 Å². The molecule has 4 nitrogen and oxygen atoms in total. The molecule has 1 aromatic carbocycles. The Morgan fingerprint density at radius 1 is 1.12 bits per heavy atom. The quantitative estimate of drug-likeness (QED) is 0.754. The highest BCUT2D eigenvalue weighted by Gasteiger charge is 2.28. The fourth-order valence-electron chi connectivity index (χ4n) is 3.18. The van der Waals surface area contributed by atoms with E-state index in [0.29, 0.717) is 13.0 Å². The highest BCUT2D eigenvalue weighted by molar-refractivity contribution is 5.76. The maximum Gasteiger partial charge on any atom is 0.223 e. The Kier molecular flexibility index (Phi) is 5.83. The molecule has 24 heavy (non-hydrogen) atoms. The van der Waals surface area contributed by atoms with E-state index in [9.17, 15) is 4.79 Å². The zero-order valence-electron chi connectivity index (χ0n) is 13.9. The van der Waals surface area contributed by atoms with Crippen LogP contribution in [0, 0.1) is 0 Å². The number of ether oxygens (including phenoxy) is 1. The molecule has 1 atom stereocenters. The molecule has 0 bridgehead atoms. The van der Waals surface area contributed by atoms with Gasteiger partial charge in [-0.1, -0.05) is 24.3 Å². The lowest BCUT2D eigenvalue weighted by molar-refractivity contribution is -0.135. The van der Waals surface area contributed by atoms with Crippen LogP contribution in [0.25, 0.3) is 0 Å². The average Bonchev–Trinajstić information content (AvgIpc) is 2.66. The first-order chi connectivity index (χ1) is 11.8. The minimum atomic E-state index is 0.127. The Balaban J connectivity index is 1.51. The van der Waals surface area contributed by atoms with Crippen LogP contribution in [0.3, 0.4) is 0 Å². The first-order valence-corrected chi connectivity index (χ1v) is 8.73. The number of pyridine rings is 1. The fourth-order valence-corrected chi connectivity index (χ4v) is 3.18. The molecule has 1 saturated heterocycles. The Bertz CT molecular complexity index is 631. The van der Waals surface area contributed by atoms with Crippen LogP contribution in [0.4, 0.5) is 0 Å². The smallest absolute Gasteiger partial charge is 0.223 e. The zero-order valence-corrected chi connectivity index (χ0v) is 13.9. The molecule has 1 aromatic heterocycles. The van der Waals surface area contributed by atoms with Crippen molar-refractivity contribution in [2.75, 3.05) is 13.2 Å². The van der Waals surface area contributed by atoms with Crippen molar-refractivity contribution in [1.29, 1.82) is 0 Å². The van der Waals surface area contributed by atoms with E-state index in [1.165, 1.54) is 0 Å². The van der Waals surface area contributed by atoms with Crippen LogP contribution in [0.2, 0.25) is 0 Å². The van der Waals surface area contributed by atoms with Crippen LogP contribution in [-0.2, 0) is 4.79 Å². The standard InChI is InChI=1S/C20H24N2O2/c23-20(13-8-16-24-17-9-2-1-3-10-17)22-15-7-5-12-19(22)18-11-4-6-14-21-18/h1-4,6,9-11,14,19H,5,7-8,12-13,15-16H2/t19-/m0/s1. The summed E-state index contributed by atoms with van der Waals surface area (Å²) in [5.41, 5.74) is 1.01. The number of hydrogen-bond donors (Lipinski definition) is 0. The van der Waals surface area contributed by atoms with Crippen molar-refractivity contribution in [2.45, 2.75) is 38.1 Å². The number of amides is 1. The molecule has 2 heterocycles. The predicted octanol–water partition coefficient (Wildman–Crippen LogP) is 3.99. The van der Waals surface area contributed by atoms with Gasteiger partial charge in [0.1, 0.15) is 5.75 Å². The van der Waals surface area contributed by atoms with Crippen molar-refractivity contribution in [3.63, 3.8) is 0 Å². The summed E-state index contributed by atoms with van der Waals surface area (Å²) >= 11 is 0. The summed E-state index contributed by atoms with van der Waals surface area (Å²) in [5, 5.41) is 0. The Hall–Kier alpha value is -2.36. The minimum Gasteiger partial charge on any atom is -0.494 e. The summed E-state index contributed by atoms with van der Waals surface area (Å²) < 4.78 is 5.67. The van der Waals surface area contributed by atoms with E-state index in [2.05, 4.69) is 4.98 Å². The zero-order chi connectivity index (χ0) is 16.6. The molecule has 1 fully saturated rings. The highest BCUT2D eigenvalue weighted by atomic mass is 16.5. The van der Waals surface area contributed by atoms with E-state index < -0.39 is 0 Å². The van der Waals surface area contributed by atoms with Gasteiger partial charge in [0.25, 0.3) is 0 Å². The van der Waals surface area contributed by atoms with E-state index in [-0.39, 0.29) is 11.9 Å². The minimum absolute atomic E-state index is 0.127. The average molecular weight is 324 g/mol. The number of carbonyl (C=O) groups excluding carboxylic acids is 1. The number of likely N-dealkylation sites (tertiary alicyclic amines) is 1. The van der Waals surface area contributed by atoms with Crippen LogP contribution in [0.15, 0.2) is 54.7 Å². The third-order valence-corrected chi connectivity index (χ3v) is 4.40. The molecule has 0 radical (unpaired) electrons. The molecule has 3 rings (SSSR count). The van der Waals surface area contributed by atoms with Gasteiger partial charge in [-0.25, -0.2) is 0 Å². The third kappa shape index (κ3) is 4.34. The maximum atomic E-state index is 12.6. The summed E-state index contributed by atoms with van der Waals surface area (Å²) in [4.78, 5) is 19.1. The van der Waals surface area contributed by atoms with Crippen LogP contribution >= 0.6 is 0 Å². The number of nitrogens with zero attached hydrogens (tertiary/aromatic N) is 2. The number of piperidine rings is 1. The summed E-state index contributed by atoms with van der Waals surface area (Å²) in [6.07, 6.45) is 6.30. The van der Waals surface area contributed by atoms with Crippen molar-refractivity contribution < 1.29 is 9.53 Å². The molecule has 126 valence electrons. The number of para-hydroxylation sites is 1. The van der Waals surface area contributed by atoms with Crippen LogP contribution in [0.1, 0.15) is 43.8 Å². The summed E-state index contributed by atoms with van der Waals surface area (Å²) in [7, 11) is 0. The van der Waals surface area contributed by atoms with Crippen molar-refractivity contribution in [2.24, 2.45) is 0 Å². The van der Waals surface area contributed by atoms with Gasteiger partial charge in [-0.15, -0.1) is 0 Å². The lowest BCUT2D eigenvalue weighted by Crippen LogP contribution is -2.38. The SMILES string of the molecule is O=C(CCCOc1ccccc1)N1CCCC[C@H]1c1ccccn1. The van der Waals surface area contributed by atoms with E-state index in [4.69, 9.17) is 4.74 Å². The van der Waals surface area contributed by atoms with Crippen LogP contribution in [-0.4, -0.2) is 28.9 Å². The topological polar surface area (TPSA) is 42.4 Å². The Morgan fingerprint density at radius 3 is 2.75 bits per heavy atom. The first-order valence-electron chi connectivity index (χ1n) is 8.73. The summed E-state index contributed by atoms with van der Waals surface area (Å²) in [5.74, 6) is 1.07. The van der Waals surface area contributed by atoms with Gasteiger partial charge >= 0.3 is 0 Å². The molecule has 0 aliphatic carbocycles. The monoisotopic (exact) mass is 324 g/mol. The van der Waals surface area contributed by atoms with Gasteiger partial charge in [-0.3, -0.25) is 9.78 Å². The normalized spacial score (nSPS) is 17.5. The second-order valence-corrected chi connectivity index (χ2v) is 6.12. The summed E-state index contributed by atoms with van der Waals surface area (Å²) in [6, 6.07) is 15.8. The molecule has 2 aromatic rings. The largest absolute Gasteiger partial charge is 0.494 e. The molecule has 4 heteroatoms. The fraction of sp³-hybridized carbons (Fsp3) is 0.400. The number of benzene rings is 1. The van der Waals surface area contributed by atoms with Crippen LogP contribution in [0.5, 0.6) is 5.75 Å². The number of hydrogen-bond acceptors (Lipinski definition) is 3. The molecule has 0 saturated carbocycles. The van der Waals surface area contributed by atoms with Gasteiger partial charge < -0.3 is 9.64 Å². The number of carbonyl (C=O) groups is 1. The van der Waals surface area contributed by atoms with Crippen molar-refractivity contribution in [3.8, 4) is 5.75 Å². The van der Waals surface area contributed by atoms with E-state index >= 15 is 0 Å². The molecular formula is C20H24N2O2. The van der Waals surface area contributed by atoms with Crippen molar-refractivity contribution in [1.82, 2.24) is 9.88 Å². The number of rotatable bonds is 6. The maximum absolute atomic E-state index is 12.6. The van der Waals surface area contributed by atoms with Gasteiger partial charge in [0.15, 0.2) is 0 Å². The molecule has 1 aliphatic rings. The van der Waals surface area contributed by atoms with E-state index in [1.54, 1.807) is 6.20 Å². The molecule has 1 aliphatic heterocycles. The second kappa shape index (κ2) is 8.48. The molecule has 1 amide bonds. The second-order valence-electron chi connectivity index (χ2n) is 6.12. The summed E-state index contributed by atoms with van der Waals surface area (Å²) in [6.45, 7) is 1.40. The third-order valence-electron chi connectivity index (χ3n) is 4.40. The van der Waals surface area contributed by atoms with Gasteiger partial charge in [0.05, 0.1) is 18.3 Å². The lowest BCUT2D eigenvalue weighted by atomic mass is 9.98. The molecule has 0 N–H and O–H groups in total. The van der Waals surface area contributed by atoms with Crippen molar-refractivity contribution >= 4 is 5.91 Å². The highest BCUT2D eigenvalue weighted by Crippen LogP contribution is 2.30. The Labute approximate surface area is 143 Å². The number of aromatic nitrogens is 1. The predicted molar refractivity (Wildman–Crippen MR) is 93.7 cm³/mol. The van der Waals surface area contributed by atoms with Gasteiger partial charge in [0.2, 0.25) is 5.91 Å². The van der Waals surface area contributed by atoms with E-state index in [0.717, 1.165) is 43.7 Å². The molecule has 0 unspecified atom stereocenters. The molecule has 0 spiro atoms.